The molecule has 0 aromatic heterocycles. The molecule has 18 heavy (non-hydrogen) atoms. The van der Waals surface area contributed by atoms with Crippen molar-refractivity contribution in [3.8, 4) is 0 Å². The van der Waals surface area contributed by atoms with Crippen LogP contribution in [0, 0.1) is 0 Å². The quantitative estimate of drug-likeness (QED) is 0.776. The van der Waals surface area contributed by atoms with Crippen LogP contribution in [0.25, 0.3) is 6.08 Å². The predicted molar refractivity (Wildman–Crippen MR) is 71.9 cm³/mol. The summed E-state index contributed by atoms with van der Waals surface area (Å²) in [6, 6.07) is 6.92. The SMILES string of the molecule is CCC(C)NC(=O)C=Cc1ccc(C(N)=O)cc1. The molecule has 0 heterocycles. The van der Waals surface area contributed by atoms with Gasteiger partial charge in [-0.1, -0.05) is 19.1 Å². The predicted octanol–water partition coefficient (Wildman–Crippen LogP) is 1.71. The molecule has 0 spiro atoms. The molecule has 0 aliphatic rings. The minimum Gasteiger partial charge on any atom is -0.366 e. The third-order valence-corrected chi connectivity index (χ3v) is 2.62. The third kappa shape index (κ3) is 4.41. The Bertz CT molecular complexity index is 449. The number of nitrogens with one attached hydrogen (secondary N) is 1. The Hall–Kier alpha value is -2.10. The minimum atomic E-state index is -0.458. The average molecular weight is 246 g/mol. The molecule has 0 fully saturated rings. The summed E-state index contributed by atoms with van der Waals surface area (Å²) in [6.07, 6.45) is 4.07. The van der Waals surface area contributed by atoms with Crippen LogP contribution in [0.15, 0.2) is 30.3 Å². The van der Waals surface area contributed by atoms with Gasteiger partial charge < -0.3 is 11.1 Å². The summed E-state index contributed by atoms with van der Waals surface area (Å²) in [5, 5.41) is 2.83. The molecular formula is C14H18N2O2. The topological polar surface area (TPSA) is 72.2 Å². The second kappa shape index (κ2) is 6.59. The molecule has 0 aliphatic heterocycles. The summed E-state index contributed by atoms with van der Waals surface area (Å²) in [5.41, 5.74) is 6.44. The lowest BCUT2D eigenvalue weighted by Crippen LogP contribution is -2.30. The van der Waals surface area contributed by atoms with E-state index in [4.69, 9.17) is 5.73 Å². The van der Waals surface area contributed by atoms with Crippen molar-refractivity contribution in [1.29, 1.82) is 0 Å². The van der Waals surface area contributed by atoms with Crippen molar-refractivity contribution in [3.63, 3.8) is 0 Å². The van der Waals surface area contributed by atoms with Crippen molar-refractivity contribution in [3.05, 3.63) is 41.5 Å². The Labute approximate surface area is 107 Å². The van der Waals surface area contributed by atoms with Gasteiger partial charge in [0.15, 0.2) is 0 Å². The van der Waals surface area contributed by atoms with E-state index in [1.807, 2.05) is 13.8 Å². The number of amides is 2. The highest BCUT2D eigenvalue weighted by Crippen LogP contribution is 2.05. The lowest BCUT2D eigenvalue weighted by atomic mass is 10.1. The fourth-order valence-corrected chi connectivity index (χ4v) is 1.32. The molecule has 1 aromatic carbocycles. The Kier molecular flexibility index (Phi) is 5.11. The Morgan fingerprint density at radius 2 is 1.94 bits per heavy atom. The molecular weight excluding hydrogens is 228 g/mol. The van der Waals surface area contributed by atoms with Gasteiger partial charge in [-0.25, -0.2) is 0 Å². The smallest absolute Gasteiger partial charge is 0.248 e. The van der Waals surface area contributed by atoms with E-state index in [1.54, 1.807) is 30.3 Å². The van der Waals surface area contributed by atoms with Gasteiger partial charge in [0.2, 0.25) is 11.8 Å². The lowest BCUT2D eigenvalue weighted by Gasteiger charge is -2.08. The van der Waals surface area contributed by atoms with E-state index in [2.05, 4.69) is 5.32 Å². The number of carbonyl (C=O) groups excluding carboxylic acids is 2. The standard InChI is InChI=1S/C14H18N2O2/c1-3-10(2)16-13(17)9-6-11-4-7-12(8-5-11)14(15)18/h4-10H,3H2,1-2H3,(H2,15,18)(H,16,17). The van der Waals surface area contributed by atoms with Crippen LogP contribution in [0.4, 0.5) is 0 Å². The molecule has 0 aliphatic carbocycles. The van der Waals surface area contributed by atoms with Crippen molar-refractivity contribution < 1.29 is 9.59 Å². The largest absolute Gasteiger partial charge is 0.366 e. The summed E-state index contributed by atoms with van der Waals surface area (Å²) < 4.78 is 0. The fourth-order valence-electron chi connectivity index (χ4n) is 1.32. The first kappa shape index (κ1) is 14.0. The van der Waals surface area contributed by atoms with Crippen molar-refractivity contribution in [2.45, 2.75) is 26.3 Å². The van der Waals surface area contributed by atoms with Crippen LogP contribution >= 0.6 is 0 Å². The number of benzene rings is 1. The second-order valence-corrected chi connectivity index (χ2v) is 4.14. The normalized spacial score (nSPS) is 12.3. The van der Waals surface area contributed by atoms with Gasteiger partial charge in [-0.15, -0.1) is 0 Å². The molecule has 4 nitrogen and oxygen atoms in total. The molecule has 3 N–H and O–H groups in total. The first-order valence-electron chi connectivity index (χ1n) is 5.91. The van der Waals surface area contributed by atoms with E-state index < -0.39 is 5.91 Å². The van der Waals surface area contributed by atoms with Crippen LogP contribution in [-0.4, -0.2) is 17.9 Å². The maximum atomic E-state index is 11.5. The number of carbonyl (C=O) groups is 2. The van der Waals surface area contributed by atoms with E-state index in [-0.39, 0.29) is 11.9 Å². The van der Waals surface area contributed by atoms with Crippen molar-refractivity contribution in [2.75, 3.05) is 0 Å². The molecule has 0 bridgehead atoms. The summed E-state index contributed by atoms with van der Waals surface area (Å²) in [6.45, 7) is 3.96. The number of hydrogen-bond donors (Lipinski definition) is 2. The fraction of sp³-hybridized carbons (Fsp3) is 0.286. The van der Waals surface area contributed by atoms with Crippen LogP contribution in [0.1, 0.15) is 36.2 Å². The second-order valence-electron chi connectivity index (χ2n) is 4.14. The van der Waals surface area contributed by atoms with E-state index in [0.29, 0.717) is 5.56 Å². The Balaban J connectivity index is 2.61. The molecule has 0 saturated heterocycles. The minimum absolute atomic E-state index is 0.122. The highest BCUT2D eigenvalue weighted by atomic mass is 16.1. The van der Waals surface area contributed by atoms with Gasteiger partial charge in [0, 0.05) is 17.7 Å². The maximum Gasteiger partial charge on any atom is 0.248 e. The molecule has 1 aromatic rings. The van der Waals surface area contributed by atoms with E-state index in [9.17, 15) is 9.59 Å². The summed E-state index contributed by atoms with van der Waals surface area (Å²) in [7, 11) is 0. The highest BCUT2D eigenvalue weighted by Gasteiger charge is 2.01. The molecule has 4 heteroatoms. The van der Waals surface area contributed by atoms with Crippen LogP contribution in [0.2, 0.25) is 0 Å². The van der Waals surface area contributed by atoms with Gasteiger partial charge in [-0.05, 0) is 37.1 Å². The van der Waals surface area contributed by atoms with Crippen LogP contribution in [0.5, 0.6) is 0 Å². The summed E-state index contributed by atoms with van der Waals surface area (Å²) in [4.78, 5) is 22.4. The number of nitrogens with two attached hydrogens (primary N) is 1. The van der Waals surface area contributed by atoms with Crippen molar-refractivity contribution >= 4 is 17.9 Å². The first-order chi connectivity index (χ1) is 8.52. The molecule has 0 radical (unpaired) electrons. The third-order valence-electron chi connectivity index (χ3n) is 2.62. The Morgan fingerprint density at radius 3 is 2.44 bits per heavy atom. The monoisotopic (exact) mass is 246 g/mol. The van der Waals surface area contributed by atoms with Crippen LogP contribution in [0.3, 0.4) is 0 Å². The average Bonchev–Trinajstić information content (AvgIpc) is 2.36. The van der Waals surface area contributed by atoms with Crippen molar-refractivity contribution in [2.24, 2.45) is 5.73 Å². The van der Waals surface area contributed by atoms with Gasteiger partial charge in [0.1, 0.15) is 0 Å². The summed E-state index contributed by atoms with van der Waals surface area (Å²) in [5.74, 6) is -0.580. The number of primary amides is 1. The van der Waals surface area contributed by atoms with Gasteiger partial charge in [0.25, 0.3) is 0 Å². The molecule has 2 amide bonds. The van der Waals surface area contributed by atoms with E-state index >= 15 is 0 Å². The number of rotatable bonds is 5. The van der Waals surface area contributed by atoms with Crippen molar-refractivity contribution in [1.82, 2.24) is 5.32 Å². The maximum absolute atomic E-state index is 11.5. The molecule has 1 atom stereocenters. The van der Waals surface area contributed by atoms with Crippen LogP contribution in [-0.2, 0) is 4.79 Å². The van der Waals surface area contributed by atoms with Gasteiger partial charge in [-0.3, -0.25) is 9.59 Å². The zero-order valence-electron chi connectivity index (χ0n) is 10.6. The van der Waals surface area contributed by atoms with Gasteiger partial charge in [-0.2, -0.15) is 0 Å². The number of hydrogen-bond acceptors (Lipinski definition) is 2. The van der Waals surface area contributed by atoms with Gasteiger partial charge in [0.05, 0.1) is 0 Å². The zero-order chi connectivity index (χ0) is 13.5. The summed E-state index contributed by atoms with van der Waals surface area (Å²) >= 11 is 0. The van der Waals surface area contributed by atoms with Gasteiger partial charge >= 0.3 is 0 Å². The zero-order valence-corrected chi connectivity index (χ0v) is 10.6. The van der Waals surface area contributed by atoms with E-state index in [0.717, 1.165) is 12.0 Å². The van der Waals surface area contributed by atoms with E-state index in [1.165, 1.54) is 6.08 Å². The molecule has 0 saturated carbocycles. The molecule has 1 unspecified atom stereocenters. The highest BCUT2D eigenvalue weighted by molar-refractivity contribution is 5.94. The Morgan fingerprint density at radius 1 is 1.33 bits per heavy atom. The molecule has 1 rings (SSSR count). The lowest BCUT2D eigenvalue weighted by molar-refractivity contribution is -0.117. The van der Waals surface area contributed by atoms with Crippen LogP contribution < -0.4 is 11.1 Å². The molecule has 96 valence electrons. The first-order valence-corrected chi connectivity index (χ1v) is 5.91.